The molecule has 3 aromatic rings. The number of ether oxygens (including phenoxy) is 6. The fraction of sp³-hybridized carbons (Fsp3) is 0.300. The maximum absolute atomic E-state index is 13.3. The number of nitrogens with zero attached hydrogens (tertiary/aromatic N) is 1. The van der Waals surface area contributed by atoms with E-state index >= 15 is 0 Å². The zero-order chi connectivity index (χ0) is 30.6. The SMILES string of the molecule is COc1cc(OC)cc(C(OC(=O)CCCC(=O)OCc2cc(OC)c(OC)cc2[N+](=O)[O-])C(=O)c2ccccc2)c1. The van der Waals surface area contributed by atoms with E-state index in [2.05, 4.69) is 0 Å². The molecule has 0 saturated heterocycles. The number of esters is 2. The number of benzene rings is 3. The van der Waals surface area contributed by atoms with Crippen molar-refractivity contribution in [2.75, 3.05) is 28.4 Å². The van der Waals surface area contributed by atoms with Crippen molar-refractivity contribution in [3.8, 4) is 23.0 Å². The molecule has 3 rings (SSSR count). The van der Waals surface area contributed by atoms with E-state index in [-0.39, 0.29) is 48.6 Å². The van der Waals surface area contributed by atoms with Crippen LogP contribution in [-0.4, -0.2) is 51.1 Å². The van der Waals surface area contributed by atoms with Crippen LogP contribution in [0.15, 0.2) is 60.7 Å². The van der Waals surface area contributed by atoms with Crippen molar-refractivity contribution in [1.82, 2.24) is 0 Å². The van der Waals surface area contributed by atoms with Crippen molar-refractivity contribution in [3.63, 3.8) is 0 Å². The molecule has 0 aliphatic rings. The van der Waals surface area contributed by atoms with Crippen LogP contribution in [0.4, 0.5) is 5.69 Å². The van der Waals surface area contributed by atoms with Crippen LogP contribution < -0.4 is 18.9 Å². The number of hydrogen-bond acceptors (Lipinski definition) is 11. The Kier molecular flexibility index (Phi) is 11.2. The molecule has 0 saturated carbocycles. The second kappa shape index (κ2) is 15.0. The molecule has 0 fully saturated rings. The third-order valence-electron chi connectivity index (χ3n) is 6.15. The van der Waals surface area contributed by atoms with E-state index in [9.17, 15) is 24.5 Å². The highest BCUT2D eigenvalue weighted by atomic mass is 16.6. The minimum absolute atomic E-state index is 0.0549. The topological polar surface area (TPSA) is 150 Å². The predicted molar refractivity (Wildman–Crippen MR) is 149 cm³/mol. The summed E-state index contributed by atoms with van der Waals surface area (Å²) in [6.07, 6.45) is -1.59. The van der Waals surface area contributed by atoms with E-state index < -0.39 is 28.7 Å². The molecule has 42 heavy (non-hydrogen) atoms. The van der Waals surface area contributed by atoms with Crippen LogP contribution in [0.1, 0.15) is 46.9 Å². The zero-order valence-electron chi connectivity index (χ0n) is 23.6. The molecule has 0 N–H and O–H groups in total. The number of nitro benzene ring substituents is 1. The highest BCUT2D eigenvalue weighted by Gasteiger charge is 2.28. The van der Waals surface area contributed by atoms with Crippen LogP contribution in [-0.2, 0) is 25.7 Å². The average molecular weight is 582 g/mol. The van der Waals surface area contributed by atoms with Crippen LogP contribution in [0.2, 0.25) is 0 Å². The Hall–Kier alpha value is -5.13. The van der Waals surface area contributed by atoms with Crippen LogP contribution in [0.5, 0.6) is 23.0 Å². The second-order valence-corrected chi connectivity index (χ2v) is 8.85. The lowest BCUT2D eigenvalue weighted by Gasteiger charge is -2.19. The van der Waals surface area contributed by atoms with Gasteiger partial charge in [-0.15, -0.1) is 0 Å². The highest BCUT2D eigenvalue weighted by Crippen LogP contribution is 2.35. The Bertz CT molecular complexity index is 1400. The van der Waals surface area contributed by atoms with Gasteiger partial charge in [-0.05, 0) is 24.6 Å². The summed E-state index contributed by atoms with van der Waals surface area (Å²) in [7, 11) is 5.64. The molecule has 0 heterocycles. The number of hydrogen-bond donors (Lipinski definition) is 0. The van der Waals surface area contributed by atoms with Crippen LogP contribution in [0, 0.1) is 10.1 Å². The van der Waals surface area contributed by atoms with Crippen LogP contribution in [0.3, 0.4) is 0 Å². The van der Waals surface area contributed by atoms with Gasteiger partial charge in [-0.1, -0.05) is 30.3 Å². The van der Waals surface area contributed by atoms with Gasteiger partial charge in [0.15, 0.2) is 17.6 Å². The average Bonchev–Trinajstić information content (AvgIpc) is 3.01. The number of carbonyl (C=O) groups excluding carboxylic acids is 3. The first-order chi connectivity index (χ1) is 20.2. The summed E-state index contributed by atoms with van der Waals surface area (Å²) in [5.41, 5.74) is 0.503. The number of carbonyl (C=O) groups is 3. The summed E-state index contributed by atoms with van der Waals surface area (Å²) in [5, 5.41) is 11.5. The molecule has 12 heteroatoms. The van der Waals surface area contributed by atoms with E-state index in [1.807, 2.05) is 0 Å². The number of Topliss-reactive ketones (excluding diaryl/α,β-unsaturated/α-hetero) is 1. The third kappa shape index (κ3) is 8.19. The molecule has 0 amide bonds. The Balaban J connectivity index is 1.65. The Morgan fingerprint density at radius 1 is 0.786 bits per heavy atom. The number of ketones is 1. The molecule has 0 aromatic heterocycles. The van der Waals surface area contributed by atoms with Gasteiger partial charge in [0.05, 0.1) is 45.0 Å². The summed E-state index contributed by atoms with van der Waals surface area (Å²) in [5.74, 6) is -0.627. The molecule has 0 bridgehead atoms. The fourth-order valence-corrected chi connectivity index (χ4v) is 4.00. The minimum atomic E-state index is -1.29. The highest BCUT2D eigenvalue weighted by molar-refractivity contribution is 6.01. The minimum Gasteiger partial charge on any atom is -0.497 e. The molecule has 0 radical (unpaired) electrons. The van der Waals surface area contributed by atoms with Crippen molar-refractivity contribution < 1.29 is 47.7 Å². The summed E-state index contributed by atoms with van der Waals surface area (Å²) in [6.45, 7) is -0.384. The first kappa shape index (κ1) is 31.4. The first-order valence-corrected chi connectivity index (χ1v) is 12.8. The van der Waals surface area contributed by atoms with Gasteiger partial charge in [-0.3, -0.25) is 24.5 Å². The Morgan fingerprint density at radius 3 is 1.95 bits per heavy atom. The van der Waals surface area contributed by atoms with E-state index in [0.29, 0.717) is 22.6 Å². The molecule has 0 aliphatic heterocycles. The lowest BCUT2D eigenvalue weighted by molar-refractivity contribution is -0.385. The van der Waals surface area contributed by atoms with Gasteiger partial charge in [0.2, 0.25) is 5.78 Å². The zero-order valence-corrected chi connectivity index (χ0v) is 23.6. The van der Waals surface area contributed by atoms with E-state index in [0.717, 1.165) is 0 Å². The molecule has 12 nitrogen and oxygen atoms in total. The van der Waals surface area contributed by atoms with Gasteiger partial charge in [0.1, 0.15) is 18.1 Å². The predicted octanol–water partition coefficient (Wildman–Crippen LogP) is 5.01. The van der Waals surface area contributed by atoms with E-state index in [1.54, 1.807) is 48.5 Å². The maximum Gasteiger partial charge on any atom is 0.306 e. The van der Waals surface area contributed by atoms with Gasteiger partial charge in [-0.2, -0.15) is 0 Å². The molecule has 3 aromatic carbocycles. The Morgan fingerprint density at radius 2 is 1.38 bits per heavy atom. The molecule has 0 aliphatic carbocycles. The van der Waals surface area contributed by atoms with E-state index in [1.165, 1.54) is 40.6 Å². The van der Waals surface area contributed by atoms with Crippen molar-refractivity contribution >= 4 is 23.4 Å². The smallest absolute Gasteiger partial charge is 0.306 e. The van der Waals surface area contributed by atoms with Crippen LogP contribution >= 0.6 is 0 Å². The standard InChI is InChI=1S/C30H31NO11/c1-37-22-13-20(14-23(16-22)38-2)30(29(34)19-9-6-5-7-10-19)42-28(33)12-8-11-27(32)41-18-21-15-25(39-3)26(40-4)17-24(21)31(35)36/h5-7,9-10,13-17,30H,8,11-12,18H2,1-4H3. The van der Waals surface area contributed by atoms with Gasteiger partial charge in [-0.25, -0.2) is 0 Å². The largest absolute Gasteiger partial charge is 0.497 e. The number of rotatable bonds is 15. The first-order valence-electron chi connectivity index (χ1n) is 12.8. The van der Waals surface area contributed by atoms with Crippen LogP contribution in [0.25, 0.3) is 0 Å². The molecule has 1 atom stereocenters. The van der Waals surface area contributed by atoms with Crippen molar-refractivity contribution in [3.05, 3.63) is 87.5 Å². The maximum atomic E-state index is 13.3. The summed E-state index contributed by atoms with van der Waals surface area (Å²) < 4.78 is 31.6. The number of methoxy groups -OCH3 is 4. The molecule has 0 spiro atoms. The normalized spacial score (nSPS) is 11.1. The van der Waals surface area contributed by atoms with Gasteiger partial charge in [0.25, 0.3) is 5.69 Å². The summed E-state index contributed by atoms with van der Waals surface area (Å²) in [4.78, 5) is 49.3. The van der Waals surface area contributed by atoms with E-state index in [4.69, 9.17) is 28.4 Å². The summed E-state index contributed by atoms with van der Waals surface area (Å²) in [6, 6.07) is 15.7. The lowest BCUT2D eigenvalue weighted by Crippen LogP contribution is -2.20. The monoisotopic (exact) mass is 581 g/mol. The van der Waals surface area contributed by atoms with Crippen molar-refractivity contribution in [2.24, 2.45) is 0 Å². The molecular weight excluding hydrogens is 550 g/mol. The molecule has 222 valence electrons. The van der Waals surface area contributed by atoms with Gasteiger partial charge >= 0.3 is 11.9 Å². The Labute approximate surface area is 242 Å². The molecular formula is C30H31NO11. The van der Waals surface area contributed by atoms with Gasteiger partial charge in [0, 0.05) is 30.0 Å². The second-order valence-electron chi connectivity index (χ2n) is 8.85. The van der Waals surface area contributed by atoms with Crippen molar-refractivity contribution in [2.45, 2.75) is 32.0 Å². The third-order valence-corrected chi connectivity index (χ3v) is 6.15. The van der Waals surface area contributed by atoms with Crippen molar-refractivity contribution in [1.29, 1.82) is 0 Å². The number of nitro groups is 1. The lowest BCUT2D eigenvalue weighted by atomic mass is 9.99. The molecule has 1 unspecified atom stereocenters. The fourth-order valence-electron chi connectivity index (χ4n) is 4.00. The van der Waals surface area contributed by atoms with Gasteiger partial charge < -0.3 is 28.4 Å². The quantitative estimate of drug-likeness (QED) is 0.103. The summed E-state index contributed by atoms with van der Waals surface area (Å²) >= 11 is 0.